The molecule has 3 rings (SSSR count). The third kappa shape index (κ3) is 2.96. The van der Waals surface area contributed by atoms with E-state index in [1.54, 1.807) is 24.3 Å². The molecular weight excluding hydrogens is 296 g/mol. The van der Waals surface area contributed by atoms with Crippen molar-refractivity contribution >= 4 is 23.2 Å². The van der Waals surface area contributed by atoms with Gasteiger partial charge in [0.2, 0.25) is 0 Å². The van der Waals surface area contributed by atoms with Crippen LogP contribution >= 0.6 is 0 Å². The Kier molecular flexibility index (Phi) is 3.88. The van der Waals surface area contributed by atoms with Crippen LogP contribution in [0.3, 0.4) is 0 Å². The second-order valence-electron chi connectivity index (χ2n) is 4.75. The molecule has 0 aliphatic rings. The minimum absolute atomic E-state index is 0.0670. The van der Waals surface area contributed by atoms with Crippen LogP contribution in [0.5, 0.6) is 5.75 Å². The maximum Gasteiger partial charge on any atom is 0.271 e. The number of carbonyl (C=O) groups is 2. The van der Waals surface area contributed by atoms with Gasteiger partial charge in [-0.3, -0.25) is 9.59 Å². The predicted octanol–water partition coefficient (Wildman–Crippen LogP) is 2.20. The summed E-state index contributed by atoms with van der Waals surface area (Å²) in [6, 6.07) is 12.8. The van der Waals surface area contributed by atoms with Crippen molar-refractivity contribution in [3.63, 3.8) is 0 Å². The van der Waals surface area contributed by atoms with Crippen LogP contribution in [0.2, 0.25) is 0 Å². The Morgan fingerprint density at radius 3 is 2.61 bits per heavy atom. The van der Waals surface area contributed by atoms with Gasteiger partial charge in [0.15, 0.2) is 6.29 Å². The number of rotatable bonds is 3. The lowest BCUT2D eigenvalue weighted by Gasteiger charge is -2.02. The summed E-state index contributed by atoms with van der Waals surface area (Å²) in [6.45, 7) is 0. The predicted molar refractivity (Wildman–Crippen MR) is 82.7 cm³/mol. The molecule has 1 heterocycles. The molecular formula is C17H12N2O4. The Balaban J connectivity index is 2.02. The first-order valence-corrected chi connectivity index (χ1v) is 6.78. The minimum Gasteiger partial charge on any atom is -0.508 e. The first-order valence-electron chi connectivity index (χ1n) is 6.78. The van der Waals surface area contributed by atoms with Gasteiger partial charge in [-0.2, -0.15) is 5.10 Å². The average molecular weight is 308 g/mol. The van der Waals surface area contributed by atoms with E-state index in [1.807, 2.05) is 0 Å². The number of fused-ring (bicyclic) bond motifs is 1. The van der Waals surface area contributed by atoms with Crippen molar-refractivity contribution < 1.29 is 19.1 Å². The fraction of sp³-hybridized carbons (Fsp3) is 0. The number of nitrogens with one attached hydrogen (secondary N) is 1. The second kappa shape index (κ2) is 6.15. The van der Waals surface area contributed by atoms with Crippen molar-refractivity contribution in [2.24, 2.45) is 5.10 Å². The molecule has 2 N–H and O–H groups in total. The summed E-state index contributed by atoms with van der Waals surface area (Å²) in [5, 5.41) is 14.2. The number of carbonyl (C=O) groups excluding carboxylic acids is 2. The topological polar surface area (TPSA) is 91.9 Å². The molecule has 6 nitrogen and oxygen atoms in total. The lowest BCUT2D eigenvalue weighted by Crippen LogP contribution is -2.23. The van der Waals surface area contributed by atoms with Crippen LogP contribution < -0.4 is 10.8 Å². The molecule has 0 radical (unpaired) electrons. The second-order valence-corrected chi connectivity index (χ2v) is 4.75. The van der Waals surface area contributed by atoms with Crippen molar-refractivity contribution in [2.45, 2.75) is 0 Å². The van der Waals surface area contributed by atoms with Crippen molar-refractivity contribution in [1.82, 2.24) is 5.43 Å². The van der Waals surface area contributed by atoms with Gasteiger partial charge in [-0.25, -0.2) is 5.43 Å². The van der Waals surface area contributed by atoms with E-state index in [9.17, 15) is 14.7 Å². The summed E-state index contributed by atoms with van der Waals surface area (Å²) in [4.78, 5) is 23.2. The Bertz CT molecular complexity index is 943. The molecule has 23 heavy (non-hydrogen) atoms. The molecule has 0 unspecified atom stereocenters. The van der Waals surface area contributed by atoms with Crippen molar-refractivity contribution in [1.29, 1.82) is 0 Å². The van der Waals surface area contributed by atoms with Gasteiger partial charge in [0.1, 0.15) is 23.0 Å². The van der Waals surface area contributed by atoms with Gasteiger partial charge in [-0.05, 0) is 36.4 Å². The number of phenols is 1. The van der Waals surface area contributed by atoms with E-state index < -0.39 is 5.91 Å². The molecule has 0 saturated carbocycles. The molecule has 1 aromatic heterocycles. The Labute approximate surface area is 130 Å². The molecule has 0 spiro atoms. The molecule has 2 aromatic carbocycles. The normalized spacial score (nSPS) is 11.4. The van der Waals surface area contributed by atoms with Crippen molar-refractivity contribution in [3.8, 4) is 5.75 Å². The molecule has 114 valence electrons. The van der Waals surface area contributed by atoms with Crippen LogP contribution in [0.25, 0.3) is 11.0 Å². The van der Waals surface area contributed by atoms with Gasteiger partial charge in [-0.1, -0.05) is 12.1 Å². The summed E-state index contributed by atoms with van der Waals surface area (Å²) in [5.41, 5.74) is 3.53. The summed E-state index contributed by atoms with van der Waals surface area (Å²) in [6.07, 6.45) is 1.91. The highest BCUT2D eigenvalue weighted by molar-refractivity contribution is 5.94. The van der Waals surface area contributed by atoms with Crippen molar-refractivity contribution in [3.05, 3.63) is 71.3 Å². The van der Waals surface area contributed by atoms with Gasteiger partial charge in [0.25, 0.3) is 5.91 Å². The molecule has 0 aliphatic carbocycles. The first-order chi connectivity index (χ1) is 11.2. The van der Waals surface area contributed by atoms with E-state index >= 15 is 0 Å². The lowest BCUT2D eigenvalue weighted by molar-refractivity contribution is 0.0952. The molecule has 0 bridgehead atoms. The van der Waals surface area contributed by atoms with Gasteiger partial charge in [0, 0.05) is 10.9 Å². The third-order valence-corrected chi connectivity index (χ3v) is 3.25. The molecule has 1 amide bonds. The SMILES string of the molecule is O=Cc1coc2ccccc2c1=NNC(=O)c1ccc(O)cc1. The number of hydrogen-bond acceptors (Lipinski definition) is 5. The highest BCUT2D eigenvalue weighted by atomic mass is 16.3. The van der Waals surface area contributed by atoms with Gasteiger partial charge < -0.3 is 9.52 Å². The van der Waals surface area contributed by atoms with E-state index in [0.29, 0.717) is 28.2 Å². The van der Waals surface area contributed by atoms with E-state index in [-0.39, 0.29) is 11.3 Å². The van der Waals surface area contributed by atoms with Gasteiger partial charge in [0.05, 0.1) is 5.56 Å². The van der Waals surface area contributed by atoms with E-state index in [0.717, 1.165) is 0 Å². The fourth-order valence-corrected chi connectivity index (χ4v) is 2.10. The smallest absolute Gasteiger partial charge is 0.271 e. The quantitative estimate of drug-likeness (QED) is 0.573. The minimum atomic E-state index is -0.452. The lowest BCUT2D eigenvalue weighted by atomic mass is 10.2. The number of phenolic OH excluding ortho intramolecular Hbond substituents is 1. The van der Waals surface area contributed by atoms with Crippen LogP contribution in [-0.2, 0) is 0 Å². The van der Waals surface area contributed by atoms with Crippen LogP contribution in [-0.4, -0.2) is 17.3 Å². The first kappa shape index (κ1) is 14.5. The number of hydrogen-bond donors (Lipinski definition) is 2. The number of aromatic hydroxyl groups is 1. The zero-order chi connectivity index (χ0) is 16.2. The van der Waals surface area contributed by atoms with Crippen LogP contribution in [0, 0.1) is 0 Å². The van der Waals surface area contributed by atoms with E-state index in [1.165, 1.54) is 30.5 Å². The summed E-state index contributed by atoms with van der Waals surface area (Å²) >= 11 is 0. The largest absolute Gasteiger partial charge is 0.508 e. The highest BCUT2D eigenvalue weighted by Crippen LogP contribution is 2.11. The molecule has 0 aliphatic heterocycles. The van der Waals surface area contributed by atoms with E-state index in [2.05, 4.69) is 10.5 Å². The molecule has 0 saturated heterocycles. The average Bonchev–Trinajstić information content (AvgIpc) is 2.59. The van der Waals surface area contributed by atoms with E-state index in [4.69, 9.17) is 4.42 Å². The standard InChI is InChI=1S/C17H12N2O4/c20-9-12-10-23-15-4-2-1-3-14(15)16(12)18-19-17(22)11-5-7-13(21)8-6-11/h1-10,21H,(H,19,22). The number of amides is 1. The molecule has 0 fully saturated rings. The number of nitrogens with zero attached hydrogens (tertiary/aromatic N) is 1. The molecule has 6 heteroatoms. The molecule has 3 aromatic rings. The van der Waals surface area contributed by atoms with Gasteiger partial charge in [-0.15, -0.1) is 0 Å². The number of benzene rings is 2. The van der Waals surface area contributed by atoms with Gasteiger partial charge >= 0.3 is 0 Å². The summed E-state index contributed by atoms with van der Waals surface area (Å²) < 4.78 is 5.35. The maximum atomic E-state index is 12.1. The highest BCUT2D eigenvalue weighted by Gasteiger charge is 2.07. The fourth-order valence-electron chi connectivity index (χ4n) is 2.10. The van der Waals surface area contributed by atoms with Crippen molar-refractivity contribution in [2.75, 3.05) is 0 Å². The zero-order valence-electron chi connectivity index (χ0n) is 11.9. The Morgan fingerprint density at radius 2 is 1.87 bits per heavy atom. The van der Waals surface area contributed by atoms with Crippen LogP contribution in [0.15, 0.2) is 64.3 Å². The monoisotopic (exact) mass is 308 g/mol. The Morgan fingerprint density at radius 1 is 1.13 bits per heavy atom. The number of aldehydes is 1. The Hall–Kier alpha value is -3.41. The summed E-state index contributed by atoms with van der Waals surface area (Å²) in [5.74, 6) is -0.385. The third-order valence-electron chi connectivity index (χ3n) is 3.25. The number of para-hydroxylation sites is 1. The molecule has 0 atom stereocenters. The van der Waals surface area contributed by atoms with Crippen LogP contribution in [0.4, 0.5) is 0 Å². The van der Waals surface area contributed by atoms with Crippen LogP contribution in [0.1, 0.15) is 20.7 Å². The zero-order valence-corrected chi connectivity index (χ0v) is 11.9. The summed E-state index contributed by atoms with van der Waals surface area (Å²) in [7, 11) is 0. The maximum absolute atomic E-state index is 12.1.